The van der Waals surface area contributed by atoms with Crippen LogP contribution in [0.5, 0.6) is 0 Å². The standard InChI is InChI=1S/C14H28N4O4/c1-8(2)10(15)12(19)18-11(9(3)4)13(20)16-6-7-17-14(21)22-5/h8-11H,6-7,15H2,1-5H3,(H,16,20)(H,17,21)(H,18,19)/t10-,11-/m0/s1. The molecule has 0 aromatic carbocycles. The van der Waals surface area contributed by atoms with Crippen LogP contribution in [0.2, 0.25) is 0 Å². The molecule has 0 aliphatic carbocycles. The number of nitrogens with one attached hydrogen (secondary N) is 3. The van der Waals surface area contributed by atoms with Gasteiger partial charge in [0.25, 0.3) is 0 Å². The van der Waals surface area contributed by atoms with Gasteiger partial charge in [-0.3, -0.25) is 9.59 Å². The molecule has 0 aromatic heterocycles. The van der Waals surface area contributed by atoms with Crippen molar-refractivity contribution in [3.63, 3.8) is 0 Å². The second kappa shape index (κ2) is 9.99. The van der Waals surface area contributed by atoms with E-state index in [9.17, 15) is 14.4 Å². The Hall–Kier alpha value is -1.83. The molecule has 0 radical (unpaired) electrons. The maximum atomic E-state index is 12.1. The van der Waals surface area contributed by atoms with Gasteiger partial charge in [0.2, 0.25) is 11.8 Å². The molecule has 0 unspecified atom stereocenters. The highest BCUT2D eigenvalue weighted by molar-refractivity contribution is 5.90. The first-order valence-corrected chi connectivity index (χ1v) is 7.36. The summed E-state index contributed by atoms with van der Waals surface area (Å²) in [5.74, 6) is -0.764. The van der Waals surface area contributed by atoms with Crippen LogP contribution in [-0.2, 0) is 14.3 Å². The van der Waals surface area contributed by atoms with Crippen LogP contribution in [-0.4, -0.2) is 50.2 Å². The molecule has 0 saturated heterocycles. The first-order valence-electron chi connectivity index (χ1n) is 7.36. The predicted octanol–water partition coefficient (Wildman–Crippen LogP) is -0.417. The molecule has 3 amide bonds. The molecular formula is C14H28N4O4. The number of ether oxygens (including phenoxy) is 1. The quantitative estimate of drug-likeness (QED) is 0.453. The highest BCUT2D eigenvalue weighted by Gasteiger charge is 2.27. The van der Waals surface area contributed by atoms with Crippen LogP contribution in [0.1, 0.15) is 27.7 Å². The van der Waals surface area contributed by atoms with Crippen molar-refractivity contribution in [2.24, 2.45) is 17.6 Å². The van der Waals surface area contributed by atoms with Crippen molar-refractivity contribution in [1.29, 1.82) is 0 Å². The Morgan fingerprint density at radius 3 is 1.95 bits per heavy atom. The van der Waals surface area contributed by atoms with Crippen LogP contribution in [0.15, 0.2) is 0 Å². The summed E-state index contributed by atoms with van der Waals surface area (Å²) in [6, 6.07) is -1.33. The fraction of sp³-hybridized carbons (Fsp3) is 0.786. The van der Waals surface area contributed by atoms with Gasteiger partial charge >= 0.3 is 6.09 Å². The molecule has 0 aliphatic heterocycles. The minimum atomic E-state index is -0.671. The molecule has 0 rings (SSSR count). The van der Waals surface area contributed by atoms with Crippen molar-refractivity contribution in [3.8, 4) is 0 Å². The average molecular weight is 316 g/mol. The Kier molecular flexibility index (Phi) is 9.16. The molecule has 0 spiro atoms. The molecule has 0 bridgehead atoms. The van der Waals surface area contributed by atoms with Crippen LogP contribution in [0.4, 0.5) is 4.79 Å². The molecule has 0 aromatic rings. The SMILES string of the molecule is COC(=O)NCCNC(=O)[C@@H](NC(=O)[C@@H](N)C(C)C)C(C)C. The lowest BCUT2D eigenvalue weighted by molar-refractivity contribution is -0.131. The van der Waals surface area contributed by atoms with Gasteiger partial charge in [-0.1, -0.05) is 27.7 Å². The van der Waals surface area contributed by atoms with Crippen LogP contribution >= 0.6 is 0 Å². The second-order valence-electron chi connectivity index (χ2n) is 5.71. The Bertz CT molecular complexity index is 385. The van der Waals surface area contributed by atoms with E-state index in [1.165, 1.54) is 7.11 Å². The Morgan fingerprint density at radius 1 is 0.955 bits per heavy atom. The number of hydrogen-bond acceptors (Lipinski definition) is 5. The summed E-state index contributed by atoms with van der Waals surface area (Å²) >= 11 is 0. The Morgan fingerprint density at radius 2 is 1.50 bits per heavy atom. The first-order chi connectivity index (χ1) is 10.2. The van der Waals surface area contributed by atoms with Crippen LogP contribution in [0.3, 0.4) is 0 Å². The van der Waals surface area contributed by atoms with Gasteiger partial charge in [0, 0.05) is 13.1 Å². The zero-order valence-corrected chi connectivity index (χ0v) is 13.9. The maximum absolute atomic E-state index is 12.1. The predicted molar refractivity (Wildman–Crippen MR) is 83.0 cm³/mol. The normalized spacial score (nSPS) is 13.5. The van der Waals surface area contributed by atoms with Gasteiger partial charge in [-0.25, -0.2) is 4.79 Å². The van der Waals surface area contributed by atoms with Gasteiger partial charge < -0.3 is 26.4 Å². The third-order valence-corrected chi connectivity index (χ3v) is 3.15. The number of alkyl carbamates (subject to hydrolysis) is 1. The summed E-state index contributed by atoms with van der Waals surface area (Å²) in [6.45, 7) is 7.82. The number of amides is 3. The number of methoxy groups -OCH3 is 1. The Balaban J connectivity index is 4.40. The lowest BCUT2D eigenvalue weighted by Crippen LogP contribution is -2.55. The minimum absolute atomic E-state index is 0.0138. The highest BCUT2D eigenvalue weighted by atomic mass is 16.5. The van der Waals surface area contributed by atoms with Crippen molar-refractivity contribution in [1.82, 2.24) is 16.0 Å². The van der Waals surface area contributed by atoms with Gasteiger partial charge in [-0.05, 0) is 11.8 Å². The molecule has 5 N–H and O–H groups in total. The van der Waals surface area contributed by atoms with Crippen LogP contribution in [0, 0.1) is 11.8 Å². The van der Waals surface area contributed by atoms with Crippen LogP contribution < -0.4 is 21.7 Å². The van der Waals surface area contributed by atoms with E-state index in [1.54, 1.807) is 0 Å². The number of rotatable bonds is 8. The van der Waals surface area contributed by atoms with E-state index in [0.29, 0.717) is 0 Å². The fourth-order valence-corrected chi connectivity index (χ4v) is 1.62. The molecule has 8 nitrogen and oxygen atoms in total. The lowest BCUT2D eigenvalue weighted by Gasteiger charge is -2.24. The maximum Gasteiger partial charge on any atom is 0.406 e. The number of nitrogens with two attached hydrogens (primary N) is 1. The summed E-state index contributed by atoms with van der Waals surface area (Å²) in [5.41, 5.74) is 5.77. The molecule has 128 valence electrons. The molecule has 0 fully saturated rings. The Labute approximate surface area is 131 Å². The summed E-state index contributed by atoms with van der Waals surface area (Å²) in [4.78, 5) is 35.0. The molecule has 0 heterocycles. The smallest absolute Gasteiger partial charge is 0.406 e. The van der Waals surface area contributed by atoms with Gasteiger partial charge in [0.1, 0.15) is 6.04 Å². The van der Waals surface area contributed by atoms with Gasteiger partial charge in [-0.2, -0.15) is 0 Å². The number of hydrogen-bond donors (Lipinski definition) is 4. The van der Waals surface area contributed by atoms with Gasteiger partial charge in [-0.15, -0.1) is 0 Å². The fourth-order valence-electron chi connectivity index (χ4n) is 1.62. The third-order valence-electron chi connectivity index (χ3n) is 3.15. The van der Waals surface area contributed by atoms with Crippen molar-refractivity contribution >= 4 is 17.9 Å². The molecule has 2 atom stereocenters. The number of carbonyl (C=O) groups is 3. The molecule has 8 heteroatoms. The zero-order chi connectivity index (χ0) is 17.3. The van der Waals surface area contributed by atoms with Crippen molar-refractivity contribution in [3.05, 3.63) is 0 Å². The lowest BCUT2D eigenvalue weighted by atomic mass is 10.0. The van der Waals surface area contributed by atoms with Gasteiger partial charge in [0.05, 0.1) is 13.2 Å². The van der Waals surface area contributed by atoms with E-state index in [2.05, 4.69) is 20.7 Å². The summed E-state index contributed by atoms with van der Waals surface area (Å²) < 4.78 is 4.41. The van der Waals surface area contributed by atoms with Crippen molar-refractivity contribution in [2.75, 3.05) is 20.2 Å². The van der Waals surface area contributed by atoms with E-state index in [4.69, 9.17) is 5.73 Å². The summed E-state index contributed by atoms with van der Waals surface area (Å²) in [6.07, 6.45) is -0.564. The number of carbonyl (C=O) groups excluding carboxylic acids is 3. The molecule has 0 aliphatic rings. The average Bonchev–Trinajstić information content (AvgIpc) is 2.46. The van der Waals surface area contributed by atoms with E-state index in [-0.39, 0.29) is 36.7 Å². The van der Waals surface area contributed by atoms with E-state index in [1.807, 2.05) is 27.7 Å². The summed E-state index contributed by atoms with van der Waals surface area (Å²) in [5, 5.41) is 7.77. The first kappa shape index (κ1) is 20.2. The highest BCUT2D eigenvalue weighted by Crippen LogP contribution is 2.04. The molecule has 0 saturated carbocycles. The van der Waals surface area contributed by atoms with E-state index in [0.717, 1.165) is 0 Å². The largest absolute Gasteiger partial charge is 0.453 e. The van der Waals surface area contributed by atoms with Crippen LogP contribution in [0.25, 0.3) is 0 Å². The third kappa shape index (κ3) is 7.26. The molecular weight excluding hydrogens is 288 g/mol. The van der Waals surface area contributed by atoms with E-state index >= 15 is 0 Å². The zero-order valence-electron chi connectivity index (χ0n) is 13.9. The van der Waals surface area contributed by atoms with Gasteiger partial charge in [0.15, 0.2) is 0 Å². The molecule has 22 heavy (non-hydrogen) atoms. The second-order valence-corrected chi connectivity index (χ2v) is 5.71. The summed E-state index contributed by atoms with van der Waals surface area (Å²) in [7, 11) is 1.26. The van der Waals surface area contributed by atoms with Crippen molar-refractivity contribution < 1.29 is 19.1 Å². The minimum Gasteiger partial charge on any atom is -0.453 e. The van der Waals surface area contributed by atoms with E-state index < -0.39 is 18.2 Å². The monoisotopic (exact) mass is 316 g/mol. The van der Waals surface area contributed by atoms with Crippen molar-refractivity contribution in [2.45, 2.75) is 39.8 Å². The topological polar surface area (TPSA) is 123 Å².